The maximum atomic E-state index is 12.3. The van der Waals surface area contributed by atoms with Crippen molar-refractivity contribution in [2.75, 3.05) is 12.3 Å². The lowest BCUT2D eigenvalue weighted by Crippen LogP contribution is -2.42. The lowest BCUT2D eigenvalue weighted by molar-refractivity contribution is 0.0479. The van der Waals surface area contributed by atoms with Crippen LogP contribution >= 0.6 is 11.3 Å². The average Bonchev–Trinajstić information content (AvgIpc) is 3.07. The molecule has 1 aliphatic rings. The number of carbonyl (C=O) groups excluding carboxylic acids is 2. The van der Waals surface area contributed by atoms with Crippen molar-refractivity contribution in [3.8, 4) is 0 Å². The van der Waals surface area contributed by atoms with Crippen LogP contribution in [0.15, 0.2) is 15.7 Å². The van der Waals surface area contributed by atoms with Crippen molar-refractivity contribution in [2.24, 2.45) is 14.1 Å². The molecule has 2 aromatic heterocycles. The lowest BCUT2D eigenvalue weighted by atomic mass is 9.99. The summed E-state index contributed by atoms with van der Waals surface area (Å²) in [5.74, 6) is -1.59. The number of nitrogen functional groups attached to an aromatic ring is 1. The first-order chi connectivity index (χ1) is 12.3. The maximum Gasteiger partial charge on any atom is 0.348 e. The third-order valence-electron chi connectivity index (χ3n) is 4.52. The molecule has 138 valence electrons. The molecule has 0 aromatic carbocycles. The van der Waals surface area contributed by atoms with Crippen LogP contribution in [0.1, 0.15) is 43.3 Å². The van der Waals surface area contributed by atoms with Crippen LogP contribution in [0.4, 0.5) is 5.82 Å². The summed E-state index contributed by atoms with van der Waals surface area (Å²) in [7, 11) is 2.61. The largest absolute Gasteiger partial charge is 0.453 e. The summed E-state index contributed by atoms with van der Waals surface area (Å²) in [6, 6.07) is 1.81. The van der Waals surface area contributed by atoms with Gasteiger partial charge in [-0.1, -0.05) is 0 Å². The third-order valence-corrected chi connectivity index (χ3v) is 5.74. The molecule has 0 saturated heterocycles. The fraction of sp³-hybridized carbons (Fsp3) is 0.412. The Morgan fingerprint density at radius 1 is 1.19 bits per heavy atom. The smallest absolute Gasteiger partial charge is 0.348 e. The van der Waals surface area contributed by atoms with Gasteiger partial charge in [0, 0.05) is 19.0 Å². The number of aromatic nitrogens is 2. The van der Waals surface area contributed by atoms with Gasteiger partial charge < -0.3 is 10.5 Å². The van der Waals surface area contributed by atoms with E-state index in [0.717, 1.165) is 40.4 Å². The van der Waals surface area contributed by atoms with E-state index >= 15 is 0 Å². The van der Waals surface area contributed by atoms with E-state index in [1.807, 2.05) is 6.07 Å². The molecular formula is C17H19N3O5S. The van der Waals surface area contributed by atoms with Crippen LogP contribution < -0.4 is 17.0 Å². The van der Waals surface area contributed by atoms with Gasteiger partial charge in [0.1, 0.15) is 16.3 Å². The zero-order valence-corrected chi connectivity index (χ0v) is 15.4. The number of nitrogens with zero attached hydrogens (tertiary/aromatic N) is 2. The minimum atomic E-state index is -0.807. The molecule has 2 N–H and O–H groups in total. The summed E-state index contributed by atoms with van der Waals surface area (Å²) in [6.45, 7) is -0.612. The van der Waals surface area contributed by atoms with Crippen molar-refractivity contribution in [3.63, 3.8) is 0 Å². The molecule has 0 aliphatic heterocycles. The first-order valence-electron chi connectivity index (χ1n) is 8.18. The van der Waals surface area contributed by atoms with Crippen LogP contribution in [-0.2, 0) is 31.7 Å². The van der Waals surface area contributed by atoms with E-state index in [2.05, 4.69) is 0 Å². The number of thiophene rings is 1. The topological polar surface area (TPSA) is 113 Å². The number of Topliss-reactive ketones (excluding diaryl/α,β-unsaturated/α-hetero) is 1. The zero-order valence-electron chi connectivity index (χ0n) is 14.5. The number of hydrogen-bond donors (Lipinski definition) is 1. The van der Waals surface area contributed by atoms with Crippen molar-refractivity contribution in [1.82, 2.24) is 9.13 Å². The summed E-state index contributed by atoms with van der Waals surface area (Å²) >= 11 is 1.38. The number of anilines is 1. The summed E-state index contributed by atoms with van der Waals surface area (Å²) in [6.07, 6.45) is 4.11. The number of fused-ring (bicyclic) bond motifs is 1. The average molecular weight is 377 g/mol. The Hall–Kier alpha value is -2.68. The van der Waals surface area contributed by atoms with E-state index in [-0.39, 0.29) is 11.4 Å². The van der Waals surface area contributed by atoms with Gasteiger partial charge in [0.25, 0.3) is 5.56 Å². The summed E-state index contributed by atoms with van der Waals surface area (Å²) in [4.78, 5) is 50.2. The molecular weight excluding hydrogens is 358 g/mol. The highest BCUT2D eigenvalue weighted by Gasteiger charge is 2.23. The minimum absolute atomic E-state index is 0.245. The summed E-state index contributed by atoms with van der Waals surface area (Å²) in [5.41, 5.74) is 5.10. The molecule has 0 amide bonds. The molecule has 1 aliphatic carbocycles. The normalized spacial score (nSPS) is 13.3. The molecule has 0 saturated carbocycles. The van der Waals surface area contributed by atoms with Crippen LogP contribution in [0.5, 0.6) is 0 Å². The Kier molecular flexibility index (Phi) is 4.82. The Labute approximate surface area is 152 Å². The van der Waals surface area contributed by atoms with Gasteiger partial charge in [-0.2, -0.15) is 0 Å². The fourth-order valence-corrected chi connectivity index (χ4v) is 4.14. The van der Waals surface area contributed by atoms with E-state index in [9.17, 15) is 19.2 Å². The summed E-state index contributed by atoms with van der Waals surface area (Å²) in [5, 5.41) is 0. The van der Waals surface area contributed by atoms with Crippen LogP contribution in [-0.4, -0.2) is 27.5 Å². The number of aryl methyl sites for hydroxylation is 2. The van der Waals surface area contributed by atoms with Gasteiger partial charge in [-0.25, -0.2) is 9.59 Å². The summed E-state index contributed by atoms with van der Waals surface area (Å²) < 4.78 is 6.87. The number of esters is 1. The van der Waals surface area contributed by atoms with Gasteiger partial charge in [-0.3, -0.25) is 18.7 Å². The van der Waals surface area contributed by atoms with Crippen molar-refractivity contribution in [1.29, 1.82) is 0 Å². The standard InChI is InChI=1S/C17H19N3O5S/c1-19-14(18)13(15(22)20(2)17(19)24)10(21)8-25-16(23)12-7-9-5-3-4-6-11(9)26-12/h7H,3-6,8,18H2,1-2H3. The van der Waals surface area contributed by atoms with Crippen molar-refractivity contribution < 1.29 is 14.3 Å². The van der Waals surface area contributed by atoms with E-state index in [4.69, 9.17) is 10.5 Å². The van der Waals surface area contributed by atoms with Crippen LogP contribution in [0.3, 0.4) is 0 Å². The number of ketones is 1. The minimum Gasteiger partial charge on any atom is -0.453 e. The van der Waals surface area contributed by atoms with Gasteiger partial charge in [-0.05, 0) is 37.3 Å². The second-order valence-corrected chi connectivity index (χ2v) is 7.37. The Balaban J connectivity index is 1.77. The molecule has 0 fully saturated rings. The lowest BCUT2D eigenvalue weighted by Gasteiger charge is -2.10. The number of hydrogen-bond acceptors (Lipinski definition) is 7. The zero-order chi connectivity index (χ0) is 19.0. The molecule has 8 nitrogen and oxygen atoms in total. The van der Waals surface area contributed by atoms with Gasteiger partial charge >= 0.3 is 11.7 Å². The quantitative estimate of drug-likeness (QED) is 0.618. The highest BCUT2D eigenvalue weighted by atomic mass is 32.1. The number of carbonyl (C=O) groups is 2. The van der Waals surface area contributed by atoms with Crippen LogP contribution in [0.25, 0.3) is 0 Å². The third kappa shape index (κ3) is 3.10. The van der Waals surface area contributed by atoms with Gasteiger partial charge in [0.15, 0.2) is 6.61 Å². The molecule has 0 radical (unpaired) electrons. The maximum absolute atomic E-state index is 12.3. The fourth-order valence-electron chi connectivity index (χ4n) is 2.99. The van der Waals surface area contributed by atoms with Crippen LogP contribution in [0, 0.1) is 0 Å². The Morgan fingerprint density at radius 2 is 1.88 bits per heavy atom. The van der Waals surface area contributed by atoms with Crippen LogP contribution in [0.2, 0.25) is 0 Å². The molecule has 0 atom stereocenters. The molecule has 0 unspecified atom stereocenters. The number of rotatable bonds is 4. The highest BCUT2D eigenvalue weighted by Crippen LogP contribution is 2.30. The first kappa shape index (κ1) is 18.1. The predicted molar refractivity (Wildman–Crippen MR) is 96.9 cm³/mol. The second-order valence-electron chi connectivity index (χ2n) is 6.23. The number of ether oxygens (including phenoxy) is 1. The van der Waals surface area contributed by atoms with Crippen molar-refractivity contribution in [2.45, 2.75) is 25.7 Å². The molecule has 0 spiro atoms. The molecule has 3 rings (SSSR count). The Morgan fingerprint density at radius 3 is 2.58 bits per heavy atom. The van der Waals surface area contributed by atoms with E-state index < -0.39 is 29.6 Å². The second kappa shape index (κ2) is 6.91. The van der Waals surface area contributed by atoms with Crippen molar-refractivity contribution in [3.05, 3.63) is 47.8 Å². The monoisotopic (exact) mass is 377 g/mol. The molecule has 2 aromatic rings. The Bertz CT molecular complexity index is 991. The van der Waals surface area contributed by atoms with Gasteiger partial charge in [-0.15, -0.1) is 11.3 Å². The van der Waals surface area contributed by atoms with E-state index in [0.29, 0.717) is 4.88 Å². The van der Waals surface area contributed by atoms with E-state index in [1.54, 1.807) is 0 Å². The van der Waals surface area contributed by atoms with Crippen molar-refractivity contribution >= 4 is 28.9 Å². The SMILES string of the molecule is Cn1c(N)c(C(=O)COC(=O)c2cc3c(s2)CCCC3)c(=O)n(C)c1=O. The highest BCUT2D eigenvalue weighted by molar-refractivity contribution is 7.14. The predicted octanol–water partition coefficient (Wildman–Crippen LogP) is 0.646. The molecule has 9 heteroatoms. The van der Waals surface area contributed by atoms with Gasteiger partial charge in [0.2, 0.25) is 5.78 Å². The molecule has 0 bridgehead atoms. The number of nitrogens with two attached hydrogens (primary N) is 1. The molecule has 2 heterocycles. The van der Waals surface area contributed by atoms with E-state index in [1.165, 1.54) is 30.3 Å². The van der Waals surface area contributed by atoms with Gasteiger partial charge in [0.05, 0.1) is 0 Å². The first-order valence-corrected chi connectivity index (χ1v) is 9.00. The molecule has 26 heavy (non-hydrogen) atoms.